The van der Waals surface area contributed by atoms with E-state index in [2.05, 4.69) is 28.8 Å². The summed E-state index contributed by atoms with van der Waals surface area (Å²) in [4.78, 5) is 25.5. The molecule has 2 aliphatic rings. The zero-order valence-corrected chi connectivity index (χ0v) is 26.7. The van der Waals surface area contributed by atoms with E-state index in [1.807, 2.05) is 18.2 Å². The predicted molar refractivity (Wildman–Crippen MR) is 151 cm³/mol. The van der Waals surface area contributed by atoms with E-state index in [9.17, 15) is 9.59 Å². The summed E-state index contributed by atoms with van der Waals surface area (Å²) < 4.78 is 26.9. The number of quaternary nitrogens is 1. The quantitative estimate of drug-likeness (QED) is 0.106. The molecule has 0 N–H and O–H groups in total. The van der Waals surface area contributed by atoms with Crippen LogP contribution >= 0.6 is 11.7 Å². The lowest BCUT2D eigenvalue weighted by Gasteiger charge is -2.36. The van der Waals surface area contributed by atoms with Gasteiger partial charge in [-0.15, -0.1) is 4.37 Å². The summed E-state index contributed by atoms with van der Waals surface area (Å²) in [5, 5.41) is 0. The van der Waals surface area contributed by atoms with Gasteiger partial charge in [-0.2, -0.15) is 4.37 Å². The summed E-state index contributed by atoms with van der Waals surface area (Å²) in [5.74, 6) is 0.476. The highest BCUT2D eigenvalue weighted by Crippen LogP contribution is 2.30. The minimum atomic E-state index is -0.335. The van der Waals surface area contributed by atoms with E-state index < -0.39 is 0 Å². The normalized spacial score (nSPS) is 19.3. The van der Waals surface area contributed by atoms with Gasteiger partial charge in [-0.05, 0) is 25.3 Å². The first kappa shape index (κ1) is 32.5. The number of carbonyl (C=O) groups is 2. The lowest BCUT2D eigenvalue weighted by molar-refractivity contribution is -0.919. The van der Waals surface area contributed by atoms with Crippen LogP contribution in [0.1, 0.15) is 82.4 Å². The Bertz CT molecular complexity index is 1130. The van der Waals surface area contributed by atoms with Crippen molar-refractivity contribution in [3.05, 3.63) is 41.6 Å². The Labute approximate surface area is 259 Å². The van der Waals surface area contributed by atoms with Crippen LogP contribution in [0.5, 0.6) is 11.6 Å². The first-order valence-corrected chi connectivity index (χ1v) is 15.1. The van der Waals surface area contributed by atoms with Gasteiger partial charge in [0.05, 0.1) is 44.3 Å². The van der Waals surface area contributed by atoms with Gasteiger partial charge in [-0.1, -0.05) is 69.7 Å². The van der Waals surface area contributed by atoms with Gasteiger partial charge in [-0.3, -0.25) is 14.1 Å². The second kappa shape index (κ2) is 16.4. The molecule has 1 aliphatic heterocycles. The summed E-state index contributed by atoms with van der Waals surface area (Å²) in [5.41, 5.74) is 2.56. The molecule has 2 heterocycles. The van der Waals surface area contributed by atoms with Crippen LogP contribution in [0.15, 0.2) is 30.3 Å². The molecule has 1 unspecified atom stereocenters. The van der Waals surface area contributed by atoms with Crippen molar-refractivity contribution in [3.8, 4) is 11.6 Å². The van der Waals surface area contributed by atoms with E-state index in [0.717, 1.165) is 62.8 Å². The molecule has 1 aromatic heterocycles. The van der Waals surface area contributed by atoms with Crippen LogP contribution in [0.2, 0.25) is 0 Å². The van der Waals surface area contributed by atoms with E-state index in [1.165, 1.54) is 31.0 Å². The number of hydrogen-bond acceptors (Lipinski definition) is 8. The Balaban J connectivity index is 0.00000441. The predicted octanol–water partition coefficient (Wildman–Crippen LogP) is 2.96. The van der Waals surface area contributed by atoms with Crippen LogP contribution in [-0.4, -0.2) is 58.6 Å². The molecule has 1 atom stereocenters. The maximum absolute atomic E-state index is 12.9. The monoisotopic (exact) mass is 683 g/mol. The van der Waals surface area contributed by atoms with E-state index >= 15 is 0 Å². The number of benzene rings is 1. The number of nitrogens with zero attached hydrogens (tertiary/aromatic N) is 3. The highest BCUT2D eigenvalue weighted by atomic mass is 127. The Morgan fingerprint density at radius 1 is 1.07 bits per heavy atom. The molecule has 40 heavy (non-hydrogen) atoms. The summed E-state index contributed by atoms with van der Waals surface area (Å²) in [6.07, 6.45) is 12.7. The second-order valence-corrected chi connectivity index (χ2v) is 11.6. The Morgan fingerprint density at radius 2 is 1.88 bits per heavy atom. The fourth-order valence-corrected chi connectivity index (χ4v) is 5.80. The molecule has 2 aromatic rings. The minimum absolute atomic E-state index is 0. The molecule has 0 amide bonds. The van der Waals surface area contributed by atoms with Crippen molar-refractivity contribution in [1.29, 1.82) is 0 Å². The van der Waals surface area contributed by atoms with E-state index in [4.69, 9.17) is 14.2 Å². The van der Waals surface area contributed by atoms with Crippen molar-refractivity contribution >= 4 is 29.2 Å². The molecule has 0 saturated heterocycles. The Kier molecular flexibility index (Phi) is 13.3. The highest BCUT2D eigenvalue weighted by molar-refractivity contribution is 6.99. The number of ether oxygens (including phenoxy) is 3. The van der Waals surface area contributed by atoms with Crippen LogP contribution in [-0.2, 0) is 20.7 Å². The van der Waals surface area contributed by atoms with Gasteiger partial charge in [0.15, 0.2) is 0 Å². The topological polar surface area (TPSA) is 87.6 Å². The van der Waals surface area contributed by atoms with Crippen LogP contribution in [0, 0.1) is 5.92 Å². The fraction of sp³-hybridized carbons (Fsp3) is 0.600. The van der Waals surface area contributed by atoms with Crippen molar-refractivity contribution in [2.75, 3.05) is 33.5 Å². The van der Waals surface area contributed by atoms with Crippen molar-refractivity contribution in [2.24, 2.45) is 5.92 Å². The molecule has 1 aliphatic carbocycles. The van der Waals surface area contributed by atoms with Crippen LogP contribution < -0.4 is 33.5 Å². The molecule has 0 bridgehead atoms. The van der Waals surface area contributed by atoms with Crippen LogP contribution in [0.25, 0.3) is 5.57 Å². The molecular formula is C30H42IN3O5S. The maximum Gasteiger partial charge on any atom is 0.314 e. The molecular weight excluding hydrogens is 641 g/mol. The molecule has 1 fully saturated rings. The summed E-state index contributed by atoms with van der Waals surface area (Å²) >= 11 is 1.17. The number of esters is 2. The smallest absolute Gasteiger partial charge is 0.314 e. The zero-order valence-electron chi connectivity index (χ0n) is 23.7. The van der Waals surface area contributed by atoms with Crippen molar-refractivity contribution in [3.63, 3.8) is 0 Å². The number of hydrogen-bond donors (Lipinski definition) is 0. The van der Waals surface area contributed by atoms with E-state index in [0.29, 0.717) is 34.8 Å². The maximum atomic E-state index is 12.9. The molecule has 0 spiro atoms. The van der Waals surface area contributed by atoms with Gasteiger partial charge in [-0.25, -0.2) is 0 Å². The number of para-hydroxylation sites is 1. The summed E-state index contributed by atoms with van der Waals surface area (Å²) in [6, 6.07) is 7.25. The number of likely N-dealkylation sites (N-methyl/N-ethyl adjacent to an activating group) is 1. The molecule has 1 saturated carbocycles. The third kappa shape index (κ3) is 9.51. The Hall–Kier alpha value is -2.05. The van der Waals surface area contributed by atoms with Gasteiger partial charge in [0.25, 0.3) is 5.88 Å². The van der Waals surface area contributed by atoms with E-state index in [1.54, 1.807) is 6.07 Å². The lowest BCUT2D eigenvalue weighted by Crippen LogP contribution is -3.00. The largest absolute Gasteiger partial charge is 1.00 e. The molecule has 0 radical (unpaired) electrons. The zero-order chi connectivity index (χ0) is 27.5. The van der Waals surface area contributed by atoms with Gasteiger partial charge in [0.1, 0.15) is 18.0 Å². The third-order valence-electron chi connectivity index (χ3n) is 7.60. The molecule has 8 nitrogen and oxygen atoms in total. The molecule has 4 rings (SSSR count). The molecule has 220 valence electrons. The average Bonchev–Trinajstić information content (AvgIpc) is 3.42. The van der Waals surface area contributed by atoms with Gasteiger partial charge >= 0.3 is 11.9 Å². The SMILES string of the molecule is CCCCCCOc1nsnc1C1=CCC[N+](C)(COC(=O)Cc2ccccc2OC(=O)C2CCCCC2)C1.[I-]. The summed E-state index contributed by atoms with van der Waals surface area (Å²) in [7, 11) is 2.09. The van der Waals surface area contributed by atoms with Crippen LogP contribution in [0.3, 0.4) is 0 Å². The van der Waals surface area contributed by atoms with Gasteiger partial charge < -0.3 is 38.2 Å². The number of halogens is 1. The molecule has 10 heteroatoms. The first-order chi connectivity index (χ1) is 19.0. The minimum Gasteiger partial charge on any atom is -1.00 e. The standard InChI is InChI=1S/C30H42N3O5S.HI/c1-3-4-5-11-19-36-29-28(31-39-32-29)25-16-12-18-33(2,21-25)22-37-27(34)20-24-15-9-10-17-26(24)38-30(35)23-13-7-6-8-14-23;/h9-10,15-17,23H,3-8,11-14,18-22H2,1-2H3;1H/q+1;/p-1. The Morgan fingerprint density at radius 3 is 2.67 bits per heavy atom. The lowest BCUT2D eigenvalue weighted by atomic mass is 9.89. The first-order valence-electron chi connectivity index (χ1n) is 14.4. The second-order valence-electron chi connectivity index (χ2n) is 11.0. The fourth-order valence-electron chi connectivity index (χ4n) is 5.27. The van der Waals surface area contributed by atoms with Crippen molar-refractivity contribution < 1.29 is 52.3 Å². The third-order valence-corrected chi connectivity index (χ3v) is 8.12. The number of unbranched alkanes of at least 4 members (excludes halogenated alkanes) is 3. The number of rotatable bonds is 13. The van der Waals surface area contributed by atoms with E-state index in [-0.39, 0.29) is 55.0 Å². The van der Waals surface area contributed by atoms with Gasteiger partial charge in [0, 0.05) is 17.6 Å². The van der Waals surface area contributed by atoms with Crippen molar-refractivity contribution in [1.82, 2.24) is 8.75 Å². The molecule has 1 aromatic carbocycles. The highest BCUT2D eigenvalue weighted by Gasteiger charge is 2.31. The van der Waals surface area contributed by atoms with Crippen molar-refractivity contribution in [2.45, 2.75) is 77.6 Å². The summed E-state index contributed by atoms with van der Waals surface area (Å²) in [6.45, 7) is 4.63. The average molecular weight is 684 g/mol. The van der Waals surface area contributed by atoms with Crippen LogP contribution in [0.4, 0.5) is 0 Å². The van der Waals surface area contributed by atoms with Gasteiger partial charge in [0.2, 0.25) is 6.73 Å². The number of carbonyl (C=O) groups excluding carboxylic acids is 2. The number of aromatic nitrogens is 2.